The fourth-order valence-corrected chi connectivity index (χ4v) is 2.53. The summed E-state index contributed by atoms with van der Waals surface area (Å²) in [5.41, 5.74) is 1.11. The second-order valence-corrected chi connectivity index (χ2v) is 7.13. The molecule has 0 aromatic heterocycles. The summed E-state index contributed by atoms with van der Waals surface area (Å²) in [6.45, 7) is 11.8. The summed E-state index contributed by atoms with van der Waals surface area (Å²) in [6, 6.07) is 4.64. The molecule has 0 amide bonds. The van der Waals surface area contributed by atoms with Crippen molar-refractivity contribution < 1.29 is 4.39 Å². The zero-order chi connectivity index (χ0) is 15.4. The van der Waals surface area contributed by atoms with Gasteiger partial charge in [0.2, 0.25) is 0 Å². The van der Waals surface area contributed by atoms with Crippen LogP contribution in [0.25, 0.3) is 0 Å². The van der Waals surface area contributed by atoms with E-state index in [1.807, 2.05) is 0 Å². The van der Waals surface area contributed by atoms with E-state index in [0.29, 0.717) is 5.02 Å². The molecule has 0 spiro atoms. The summed E-state index contributed by atoms with van der Waals surface area (Å²) in [7, 11) is 0. The Hall–Kier alpha value is -0.600. The number of rotatable bonds is 6. The Balaban J connectivity index is 2.93. The quantitative estimate of drug-likeness (QED) is 0.759. The van der Waals surface area contributed by atoms with Gasteiger partial charge in [0.15, 0.2) is 0 Å². The highest BCUT2D eigenvalue weighted by Gasteiger charge is 2.29. The van der Waals surface area contributed by atoms with Crippen LogP contribution in [0.3, 0.4) is 0 Å². The van der Waals surface area contributed by atoms with E-state index in [1.54, 1.807) is 12.1 Å². The number of nitrogens with one attached hydrogen (secondary N) is 1. The van der Waals surface area contributed by atoms with Crippen LogP contribution < -0.4 is 5.32 Å². The standard InChI is InChI=1S/C17H27ClFN/c1-6-17(7-2,12-20-16(3,4)5)11-13-10-14(19)8-9-15(13)18/h8-10,20H,6-7,11-12H2,1-5H3. The van der Waals surface area contributed by atoms with Crippen molar-refractivity contribution in [1.82, 2.24) is 5.32 Å². The molecule has 1 aromatic carbocycles. The molecule has 0 unspecified atom stereocenters. The number of halogens is 2. The molecule has 0 aliphatic rings. The summed E-state index contributed by atoms with van der Waals surface area (Å²) in [4.78, 5) is 0. The van der Waals surface area contributed by atoms with E-state index in [-0.39, 0.29) is 16.8 Å². The van der Waals surface area contributed by atoms with Gasteiger partial charge in [-0.05, 0) is 69.2 Å². The maximum absolute atomic E-state index is 13.4. The fourth-order valence-electron chi connectivity index (χ4n) is 2.35. The maximum Gasteiger partial charge on any atom is 0.123 e. The van der Waals surface area contributed by atoms with E-state index in [0.717, 1.165) is 31.4 Å². The Labute approximate surface area is 127 Å². The topological polar surface area (TPSA) is 12.0 Å². The fraction of sp³-hybridized carbons (Fsp3) is 0.647. The van der Waals surface area contributed by atoms with E-state index < -0.39 is 0 Å². The highest BCUT2D eigenvalue weighted by atomic mass is 35.5. The lowest BCUT2D eigenvalue weighted by molar-refractivity contribution is 0.220. The number of hydrogen-bond acceptors (Lipinski definition) is 1. The highest BCUT2D eigenvalue weighted by Crippen LogP contribution is 2.33. The molecule has 1 rings (SSSR count). The van der Waals surface area contributed by atoms with Crippen molar-refractivity contribution in [2.75, 3.05) is 6.54 Å². The van der Waals surface area contributed by atoms with E-state index >= 15 is 0 Å². The Morgan fingerprint density at radius 1 is 1.15 bits per heavy atom. The largest absolute Gasteiger partial charge is 0.312 e. The first-order valence-electron chi connectivity index (χ1n) is 7.40. The van der Waals surface area contributed by atoms with E-state index in [4.69, 9.17) is 11.6 Å². The van der Waals surface area contributed by atoms with Gasteiger partial charge in [0.1, 0.15) is 5.82 Å². The van der Waals surface area contributed by atoms with Gasteiger partial charge in [-0.3, -0.25) is 0 Å². The van der Waals surface area contributed by atoms with Crippen LogP contribution in [-0.4, -0.2) is 12.1 Å². The molecule has 0 atom stereocenters. The lowest BCUT2D eigenvalue weighted by Crippen LogP contribution is -2.44. The first-order valence-corrected chi connectivity index (χ1v) is 7.78. The highest BCUT2D eigenvalue weighted by molar-refractivity contribution is 6.31. The Kier molecular flexibility index (Phi) is 6.03. The smallest absolute Gasteiger partial charge is 0.123 e. The summed E-state index contributed by atoms with van der Waals surface area (Å²) in [6.07, 6.45) is 2.89. The maximum atomic E-state index is 13.4. The Morgan fingerprint density at radius 3 is 2.25 bits per heavy atom. The minimum atomic E-state index is -0.214. The molecule has 0 radical (unpaired) electrons. The van der Waals surface area contributed by atoms with Crippen molar-refractivity contribution in [2.24, 2.45) is 5.41 Å². The zero-order valence-electron chi connectivity index (χ0n) is 13.3. The Bertz CT molecular complexity index is 433. The second-order valence-electron chi connectivity index (χ2n) is 6.72. The summed E-state index contributed by atoms with van der Waals surface area (Å²) in [5, 5.41) is 4.24. The molecule has 1 N–H and O–H groups in total. The van der Waals surface area contributed by atoms with Gasteiger partial charge in [-0.1, -0.05) is 25.4 Å². The minimum Gasteiger partial charge on any atom is -0.312 e. The number of hydrogen-bond donors (Lipinski definition) is 1. The first kappa shape index (κ1) is 17.5. The van der Waals surface area contributed by atoms with Gasteiger partial charge < -0.3 is 5.32 Å². The molecular weight excluding hydrogens is 273 g/mol. The summed E-state index contributed by atoms with van der Waals surface area (Å²) in [5.74, 6) is -0.214. The molecule has 0 aliphatic heterocycles. The average Bonchev–Trinajstić information content (AvgIpc) is 2.38. The van der Waals surface area contributed by atoms with Gasteiger partial charge in [0.25, 0.3) is 0 Å². The van der Waals surface area contributed by atoms with Gasteiger partial charge >= 0.3 is 0 Å². The van der Waals surface area contributed by atoms with Crippen molar-refractivity contribution >= 4 is 11.6 Å². The number of benzene rings is 1. The molecule has 1 aromatic rings. The lowest BCUT2D eigenvalue weighted by atomic mass is 9.76. The van der Waals surface area contributed by atoms with E-state index in [2.05, 4.69) is 39.9 Å². The van der Waals surface area contributed by atoms with Gasteiger partial charge in [-0.2, -0.15) is 0 Å². The first-order chi connectivity index (χ1) is 9.21. The normalized spacial score (nSPS) is 12.8. The van der Waals surface area contributed by atoms with Crippen LogP contribution in [-0.2, 0) is 6.42 Å². The lowest BCUT2D eigenvalue weighted by Gasteiger charge is -2.36. The third-order valence-electron chi connectivity index (χ3n) is 4.07. The van der Waals surface area contributed by atoms with Gasteiger partial charge in [-0.25, -0.2) is 4.39 Å². The second kappa shape index (κ2) is 6.91. The van der Waals surface area contributed by atoms with Gasteiger partial charge in [-0.15, -0.1) is 0 Å². The van der Waals surface area contributed by atoms with Crippen LogP contribution in [0, 0.1) is 11.2 Å². The van der Waals surface area contributed by atoms with E-state index in [1.165, 1.54) is 6.07 Å². The summed E-state index contributed by atoms with van der Waals surface area (Å²) < 4.78 is 13.4. The van der Waals surface area contributed by atoms with Crippen LogP contribution in [0.4, 0.5) is 4.39 Å². The zero-order valence-corrected chi connectivity index (χ0v) is 14.1. The molecule has 114 valence electrons. The molecule has 1 nitrogen and oxygen atoms in total. The summed E-state index contributed by atoms with van der Waals surface area (Å²) >= 11 is 6.22. The molecular formula is C17H27ClFN. The van der Waals surface area contributed by atoms with Crippen molar-refractivity contribution in [2.45, 2.75) is 59.4 Å². The van der Waals surface area contributed by atoms with Crippen LogP contribution >= 0.6 is 11.6 Å². The molecule has 0 bridgehead atoms. The minimum absolute atomic E-state index is 0.0846. The molecule has 0 aliphatic carbocycles. The van der Waals surface area contributed by atoms with Crippen molar-refractivity contribution in [1.29, 1.82) is 0 Å². The third-order valence-corrected chi connectivity index (χ3v) is 4.44. The van der Waals surface area contributed by atoms with Gasteiger partial charge in [0.05, 0.1) is 0 Å². The van der Waals surface area contributed by atoms with Crippen molar-refractivity contribution in [3.05, 3.63) is 34.6 Å². The van der Waals surface area contributed by atoms with Crippen LogP contribution in [0.5, 0.6) is 0 Å². The van der Waals surface area contributed by atoms with Crippen molar-refractivity contribution in [3.63, 3.8) is 0 Å². The molecule has 0 saturated carbocycles. The molecule has 20 heavy (non-hydrogen) atoms. The van der Waals surface area contributed by atoms with Crippen LogP contribution in [0.15, 0.2) is 18.2 Å². The molecule has 0 saturated heterocycles. The molecule has 3 heteroatoms. The third kappa shape index (κ3) is 5.06. The average molecular weight is 300 g/mol. The predicted molar refractivity (Wildman–Crippen MR) is 85.9 cm³/mol. The Morgan fingerprint density at radius 2 is 1.75 bits per heavy atom. The molecule has 0 fully saturated rings. The van der Waals surface area contributed by atoms with E-state index in [9.17, 15) is 4.39 Å². The molecule has 0 heterocycles. The SMILES string of the molecule is CCC(CC)(CNC(C)(C)C)Cc1cc(F)ccc1Cl. The van der Waals surface area contributed by atoms with Gasteiger partial charge in [0, 0.05) is 17.1 Å². The predicted octanol–water partition coefficient (Wildman–Crippen LogP) is 5.22. The monoisotopic (exact) mass is 299 g/mol. The van der Waals surface area contributed by atoms with Crippen LogP contribution in [0.2, 0.25) is 5.02 Å². The van der Waals surface area contributed by atoms with Crippen molar-refractivity contribution in [3.8, 4) is 0 Å². The van der Waals surface area contributed by atoms with Crippen LogP contribution in [0.1, 0.15) is 53.0 Å².